The van der Waals surface area contributed by atoms with Crippen LogP contribution in [0.4, 0.5) is 0 Å². The Bertz CT molecular complexity index is 999. The van der Waals surface area contributed by atoms with Crippen molar-refractivity contribution < 1.29 is 4.79 Å². The minimum Gasteiger partial charge on any atom is -0.343 e. The van der Waals surface area contributed by atoms with Gasteiger partial charge in [0.2, 0.25) is 5.91 Å². The molecule has 1 aliphatic rings. The summed E-state index contributed by atoms with van der Waals surface area (Å²) in [7, 11) is 0. The summed E-state index contributed by atoms with van der Waals surface area (Å²) >= 11 is 0. The molecule has 0 spiro atoms. The number of piperazine rings is 1. The molecule has 29 heavy (non-hydrogen) atoms. The SMILES string of the molecule is Cc1cccn2c(C(C)(C)NC(=O)C3CNCCN3Cc3cccnn3)ncc12. The molecule has 0 bridgehead atoms. The molecule has 3 aromatic heterocycles. The number of carbonyl (C=O) groups excluding carboxylic acids is 1. The highest BCUT2D eigenvalue weighted by Gasteiger charge is 2.34. The zero-order valence-corrected chi connectivity index (χ0v) is 17.1. The van der Waals surface area contributed by atoms with Crippen LogP contribution >= 0.6 is 0 Å². The number of aryl methyl sites for hydroxylation is 1. The maximum Gasteiger partial charge on any atom is 0.239 e. The number of imidazole rings is 1. The Morgan fingerprint density at radius 3 is 3.00 bits per heavy atom. The van der Waals surface area contributed by atoms with Crippen LogP contribution in [0.5, 0.6) is 0 Å². The fraction of sp³-hybridized carbons (Fsp3) is 0.429. The van der Waals surface area contributed by atoms with Gasteiger partial charge in [0.15, 0.2) is 0 Å². The van der Waals surface area contributed by atoms with Crippen LogP contribution in [0.1, 0.15) is 30.9 Å². The second-order valence-corrected chi connectivity index (χ2v) is 8.05. The molecular formula is C21H27N7O. The van der Waals surface area contributed by atoms with E-state index in [0.29, 0.717) is 13.1 Å². The predicted octanol–water partition coefficient (Wildman–Crippen LogP) is 1.26. The number of nitrogens with zero attached hydrogens (tertiary/aromatic N) is 5. The highest BCUT2D eigenvalue weighted by molar-refractivity contribution is 5.83. The zero-order chi connectivity index (χ0) is 20.4. The number of fused-ring (bicyclic) bond motifs is 1. The van der Waals surface area contributed by atoms with Crippen molar-refractivity contribution in [1.82, 2.24) is 35.1 Å². The summed E-state index contributed by atoms with van der Waals surface area (Å²) in [6, 6.07) is 7.59. The molecule has 1 fully saturated rings. The molecule has 0 aromatic carbocycles. The van der Waals surface area contributed by atoms with E-state index in [1.54, 1.807) is 6.20 Å². The molecule has 0 aliphatic carbocycles. The number of rotatable bonds is 5. The number of hydrogen-bond acceptors (Lipinski definition) is 6. The lowest BCUT2D eigenvalue weighted by atomic mass is 10.0. The van der Waals surface area contributed by atoms with Crippen molar-refractivity contribution in [2.75, 3.05) is 19.6 Å². The van der Waals surface area contributed by atoms with Gasteiger partial charge in [0.1, 0.15) is 11.9 Å². The predicted molar refractivity (Wildman–Crippen MR) is 110 cm³/mol. The molecule has 4 heterocycles. The first kappa shape index (κ1) is 19.5. The molecule has 1 unspecified atom stereocenters. The standard InChI is InChI=1S/C21H27N7O/c1-15-6-5-10-28-17(15)13-23-20(28)21(2,3)25-19(29)18-12-22-9-11-27(18)14-16-7-4-8-24-26-16/h4-8,10,13,18,22H,9,11-12,14H2,1-3H3,(H,25,29). The number of pyridine rings is 1. The van der Waals surface area contributed by atoms with Crippen molar-refractivity contribution in [3.63, 3.8) is 0 Å². The summed E-state index contributed by atoms with van der Waals surface area (Å²) in [5.74, 6) is 0.796. The Labute approximate surface area is 170 Å². The Balaban J connectivity index is 1.53. The van der Waals surface area contributed by atoms with Crippen molar-refractivity contribution in [2.45, 2.75) is 38.9 Å². The van der Waals surface area contributed by atoms with E-state index in [2.05, 4.69) is 43.7 Å². The number of carbonyl (C=O) groups is 1. The van der Waals surface area contributed by atoms with E-state index < -0.39 is 5.54 Å². The number of nitrogens with one attached hydrogen (secondary N) is 2. The first-order valence-corrected chi connectivity index (χ1v) is 9.92. The second-order valence-electron chi connectivity index (χ2n) is 8.05. The van der Waals surface area contributed by atoms with E-state index in [0.717, 1.165) is 35.7 Å². The van der Waals surface area contributed by atoms with E-state index in [4.69, 9.17) is 0 Å². The Kier molecular flexibility index (Phi) is 5.29. The molecule has 8 nitrogen and oxygen atoms in total. The van der Waals surface area contributed by atoms with Crippen LogP contribution < -0.4 is 10.6 Å². The first-order valence-electron chi connectivity index (χ1n) is 9.92. The lowest BCUT2D eigenvalue weighted by molar-refractivity contribution is -0.129. The second kappa shape index (κ2) is 7.88. The van der Waals surface area contributed by atoms with Gasteiger partial charge in [-0.25, -0.2) is 4.98 Å². The average Bonchev–Trinajstić information content (AvgIpc) is 3.15. The van der Waals surface area contributed by atoms with Crippen molar-refractivity contribution in [3.05, 3.63) is 59.9 Å². The molecule has 1 amide bonds. The molecule has 0 radical (unpaired) electrons. The fourth-order valence-electron chi connectivity index (χ4n) is 3.89. The maximum absolute atomic E-state index is 13.2. The van der Waals surface area contributed by atoms with Gasteiger partial charge in [-0.3, -0.25) is 9.69 Å². The molecule has 8 heteroatoms. The lowest BCUT2D eigenvalue weighted by Crippen LogP contribution is -2.59. The molecule has 0 saturated carbocycles. The summed E-state index contributed by atoms with van der Waals surface area (Å²) in [6.45, 7) is 8.86. The van der Waals surface area contributed by atoms with E-state index in [1.807, 2.05) is 48.8 Å². The first-order chi connectivity index (χ1) is 14.0. The Morgan fingerprint density at radius 1 is 1.34 bits per heavy atom. The summed E-state index contributed by atoms with van der Waals surface area (Å²) < 4.78 is 2.05. The molecule has 1 atom stereocenters. The Hall–Kier alpha value is -2.84. The monoisotopic (exact) mass is 393 g/mol. The third-order valence-corrected chi connectivity index (χ3v) is 5.43. The molecule has 4 rings (SSSR count). The smallest absolute Gasteiger partial charge is 0.239 e. The molecule has 152 valence electrons. The van der Waals surface area contributed by atoms with Gasteiger partial charge in [0, 0.05) is 38.6 Å². The lowest BCUT2D eigenvalue weighted by Gasteiger charge is -2.37. The van der Waals surface area contributed by atoms with Crippen molar-refractivity contribution >= 4 is 11.4 Å². The highest BCUT2D eigenvalue weighted by atomic mass is 16.2. The third kappa shape index (κ3) is 3.99. The van der Waals surface area contributed by atoms with Gasteiger partial charge in [-0.2, -0.15) is 10.2 Å². The van der Waals surface area contributed by atoms with Crippen LogP contribution in [0.15, 0.2) is 42.9 Å². The topological polar surface area (TPSA) is 87.5 Å². The largest absolute Gasteiger partial charge is 0.343 e. The summed E-state index contributed by atoms with van der Waals surface area (Å²) in [6.07, 6.45) is 5.51. The minimum atomic E-state index is -0.618. The summed E-state index contributed by atoms with van der Waals surface area (Å²) in [4.78, 5) is 20.0. The summed E-state index contributed by atoms with van der Waals surface area (Å²) in [5, 5.41) is 14.7. The van der Waals surface area contributed by atoms with E-state index >= 15 is 0 Å². The van der Waals surface area contributed by atoms with Crippen LogP contribution in [0, 0.1) is 6.92 Å². The highest BCUT2D eigenvalue weighted by Crippen LogP contribution is 2.22. The minimum absolute atomic E-state index is 0.0181. The third-order valence-electron chi connectivity index (χ3n) is 5.43. The van der Waals surface area contributed by atoms with Gasteiger partial charge >= 0.3 is 0 Å². The van der Waals surface area contributed by atoms with Gasteiger partial charge in [-0.15, -0.1) is 0 Å². The van der Waals surface area contributed by atoms with E-state index in [-0.39, 0.29) is 11.9 Å². The van der Waals surface area contributed by atoms with Crippen LogP contribution in [0.3, 0.4) is 0 Å². The molecular weight excluding hydrogens is 366 g/mol. The quantitative estimate of drug-likeness (QED) is 0.679. The fourth-order valence-corrected chi connectivity index (χ4v) is 3.89. The molecule has 1 aliphatic heterocycles. The van der Waals surface area contributed by atoms with Gasteiger partial charge in [0.05, 0.1) is 22.9 Å². The summed E-state index contributed by atoms with van der Waals surface area (Å²) in [5.41, 5.74) is 2.45. The van der Waals surface area contributed by atoms with Gasteiger partial charge in [-0.1, -0.05) is 6.07 Å². The molecule has 3 aromatic rings. The molecule has 2 N–H and O–H groups in total. The number of hydrogen-bond donors (Lipinski definition) is 2. The average molecular weight is 393 g/mol. The zero-order valence-electron chi connectivity index (χ0n) is 17.1. The van der Waals surface area contributed by atoms with E-state index in [1.165, 1.54) is 0 Å². The van der Waals surface area contributed by atoms with Crippen molar-refractivity contribution in [1.29, 1.82) is 0 Å². The van der Waals surface area contributed by atoms with Gasteiger partial charge in [-0.05, 0) is 44.5 Å². The maximum atomic E-state index is 13.2. The van der Waals surface area contributed by atoms with Gasteiger partial charge in [0.25, 0.3) is 0 Å². The van der Waals surface area contributed by atoms with E-state index in [9.17, 15) is 4.79 Å². The Morgan fingerprint density at radius 2 is 2.21 bits per heavy atom. The van der Waals surface area contributed by atoms with Crippen LogP contribution in [-0.4, -0.2) is 56.1 Å². The van der Waals surface area contributed by atoms with Gasteiger partial charge < -0.3 is 15.0 Å². The number of amides is 1. The van der Waals surface area contributed by atoms with Crippen LogP contribution in [-0.2, 0) is 16.9 Å². The van der Waals surface area contributed by atoms with Crippen molar-refractivity contribution in [2.24, 2.45) is 0 Å². The van der Waals surface area contributed by atoms with Crippen molar-refractivity contribution in [3.8, 4) is 0 Å². The van der Waals surface area contributed by atoms with Crippen LogP contribution in [0.25, 0.3) is 5.52 Å². The number of aromatic nitrogens is 4. The normalized spacial score (nSPS) is 18.1. The van der Waals surface area contributed by atoms with Crippen LogP contribution in [0.2, 0.25) is 0 Å². The molecule has 1 saturated heterocycles.